The van der Waals surface area contributed by atoms with E-state index in [1.807, 2.05) is 0 Å². The third-order valence-electron chi connectivity index (χ3n) is 3.37. The van der Waals surface area contributed by atoms with Crippen LogP contribution in [0.1, 0.15) is 66.2 Å². The van der Waals surface area contributed by atoms with Crippen molar-refractivity contribution in [2.45, 2.75) is 72.3 Å². The largest absolute Gasteiger partial charge is 0.295 e. The molecule has 0 aliphatic heterocycles. The van der Waals surface area contributed by atoms with Gasteiger partial charge in [-0.2, -0.15) is 4.91 Å². The van der Waals surface area contributed by atoms with Crippen LogP contribution in [0.5, 0.6) is 0 Å². The van der Waals surface area contributed by atoms with Crippen LogP contribution < -0.4 is 0 Å². The summed E-state index contributed by atoms with van der Waals surface area (Å²) in [5.41, 5.74) is 0.620. The molecular weight excluding hydrogens is 274 g/mol. The normalized spacial score (nSPS) is 12.8. The lowest BCUT2D eigenvalue weighted by Gasteiger charge is -2.09. The number of hydrogen-bond donors (Lipinski definition) is 0. The molecule has 0 aliphatic carbocycles. The molecule has 2 atom stereocenters. The number of hydrogen-bond acceptors (Lipinski definition) is 3. The zero-order valence-electron chi connectivity index (χ0n) is 13.5. The maximum absolute atomic E-state index is 10.4. The van der Waals surface area contributed by atoms with Crippen molar-refractivity contribution in [3.05, 3.63) is 17.1 Å². The van der Waals surface area contributed by atoms with Crippen LogP contribution in [0.4, 0.5) is 0 Å². The molecule has 0 rings (SSSR count). The number of Topliss-reactive ketones (excluding diaryl/α,β-unsaturated/α-hetero) is 1. The van der Waals surface area contributed by atoms with E-state index >= 15 is 0 Å². The van der Waals surface area contributed by atoms with Gasteiger partial charge in [0.15, 0.2) is 5.78 Å². The summed E-state index contributed by atoms with van der Waals surface area (Å²) in [5, 5.41) is 3.08. The summed E-state index contributed by atoms with van der Waals surface area (Å²) >= 11 is 5.56. The van der Waals surface area contributed by atoms with Crippen molar-refractivity contribution >= 4 is 17.4 Å². The molecule has 0 N–H and O–H groups in total. The maximum atomic E-state index is 10.4. The molecule has 0 spiro atoms. The predicted octanol–water partition coefficient (Wildman–Crippen LogP) is 5.51. The molecule has 0 fully saturated rings. The van der Waals surface area contributed by atoms with Gasteiger partial charge in [0.2, 0.25) is 0 Å². The molecule has 0 radical (unpaired) electrons. The molecule has 0 amide bonds. The molecule has 0 saturated carbocycles. The van der Waals surface area contributed by atoms with E-state index < -0.39 is 0 Å². The Morgan fingerprint density at radius 1 is 1.20 bits per heavy atom. The first kappa shape index (κ1) is 21.6. The molecule has 0 bridgehead atoms. The van der Waals surface area contributed by atoms with Gasteiger partial charge in [-0.15, -0.1) is 11.6 Å². The van der Waals surface area contributed by atoms with Crippen LogP contribution in [0.25, 0.3) is 0 Å². The lowest BCUT2D eigenvalue weighted by atomic mass is 9.99. The Morgan fingerprint density at radius 2 is 1.70 bits per heavy atom. The van der Waals surface area contributed by atoms with Gasteiger partial charge in [-0.25, -0.2) is 0 Å². The molecule has 0 heterocycles. The Bertz CT molecular complexity index is 268. The number of nitroso groups, excluding NO2 is 1. The van der Waals surface area contributed by atoms with Gasteiger partial charge in [-0.3, -0.25) is 4.79 Å². The van der Waals surface area contributed by atoms with E-state index in [1.54, 1.807) is 6.92 Å². The monoisotopic (exact) mass is 303 g/mol. The predicted molar refractivity (Wildman–Crippen MR) is 88.3 cm³/mol. The summed E-state index contributed by atoms with van der Waals surface area (Å²) in [6.45, 7) is 11.1. The minimum Gasteiger partial charge on any atom is -0.295 e. The second-order valence-electron chi connectivity index (χ2n) is 5.37. The van der Waals surface area contributed by atoms with Crippen LogP contribution in [0.2, 0.25) is 0 Å². The second kappa shape index (κ2) is 14.7. The van der Waals surface area contributed by atoms with Crippen molar-refractivity contribution in [3.8, 4) is 0 Å². The standard InChI is InChI=1S/C11H22ClNO.C5H8O/c1-3-10(2)6-4-5-7-11(13-14)8-9-12;1-4(2)5(3)6/h10-11H,3-9H2,1-2H3;1H2,2-3H3. The Balaban J connectivity index is 0. The van der Waals surface area contributed by atoms with E-state index in [0.29, 0.717) is 11.5 Å². The number of nitrogens with zero attached hydrogens (tertiary/aromatic N) is 1. The lowest BCUT2D eigenvalue weighted by molar-refractivity contribution is -0.113. The summed E-state index contributed by atoms with van der Waals surface area (Å²) in [6.07, 6.45) is 6.47. The average Bonchev–Trinajstić information content (AvgIpc) is 2.42. The van der Waals surface area contributed by atoms with Crippen LogP contribution in [0, 0.1) is 10.8 Å². The molecule has 0 aromatic rings. The number of alkyl halides is 1. The lowest BCUT2D eigenvalue weighted by Crippen LogP contribution is -2.04. The minimum absolute atomic E-state index is 0.0515. The Morgan fingerprint density at radius 3 is 2.05 bits per heavy atom. The van der Waals surface area contributed by atoms with Gasteiger partial charge in [0.25, 0.3) is 0 Å². The van der Waals surface area contributed by atoms with E-state index in [9.17, 15) is 9.70 Å². The third-order valence-corrected chi connectivity index (χ3v) is 3.59. The maximum Gasteiger partial charge on any atom is 0.154 e. The molecule has 3 nitrogen and oxygen atoms in total. The van der Waals surface area contributed by atoms with Gasteiger partial charge in [0.1, 0.15) is 0 Å². The third kappa shape index (κ3) is 15.4. The van der Waals surface area contributed by atoms with Crippen molar-refractivity contribution in [3.63, 3.8) is 0 Å². The van der Waals surface area contributed by atoms with Gasteiger partial charge in [-0.05, 0) is 38.2 Å². The highest BCUT2D eigenvalue weighted by atomic mass is 35.5. The van der Waals surface area contributed by atoms with Gasteiger partial charge in [0.05, 0.1) is 6.04 Å². The number of carbonyl (C=O) groups excluding carboxylic acids is 1. The van der Waals surface area contributed by atoms with E-state index in [2.05, 4.69) is 25.6 Å². The summed E-state index contributed by atoms with van der Waals surface area (Å²) in [4.78, 5) is 20.4. The van der Waals surface area contributed by atoms with Gasteiger partial charge in [-0.1, -0.05) is 51.3 Å². The van der Waals surface area contributed by atoms with Gasteiger partial charge in [0, 0.05) is 5.88 Å². The van der Waals surface area contributed by atoms with Crippen molar-refractivity contribution in [1.29, 1.82) is 0 Å². The molecule has 4 heteroatoms. The first-order valence-electron chi connectivity index (χ1n) is 7.43. The van der Waals surface area contributed by atoms with Crippen LogP contribution >= 0.6 is 11.6 Å². The van der Waals surface area contributed by atoms with Crippen molar-refractivity contribution in [1.82, 2.24) is 0 Å². The first-order valence-corrected chi connectivity index (χ1v) is 7.97. The first-order chi connectivity index (χ1) is 9.38. The smallest absolute Gasteiger partial charge is 0.154 e. The highest BCUT2D eigenvalue weighted by molar-refractivity contribution is 6.17. The Kier molecular flexibility index (Phi) is 15.9. The van der Waals surface area contributed by atoms with E-state index in [0.717, 1.165) is 25.2 Å². The number of allylic oxidation sites excluding steroid dienone is 1. The summed E-state index contributed by atoms with van der Waals surface area (Å²) < 4.78 is 0. The molecular formula is C16H30ClNO2. The van der Waals surface area contributed by atoms with Crippen LogP contribution in [-0.4, -0.2) is 17.7 Å². The molecule has 0 saturated heterocycles. The Labute approximate surface area is 129 Å². The van der Waals surface area contributed by atoms with Crippen molar-refractivity contribution in [2.75, 3.05) is 5.88 Å². The van der Waals surface area contributed by atoms with Crippen molar-refractivity contribution < 1.29 is 4.79 Å². The molecule has 118 valence electrons. The van der Waals surface area contributed by atoms with E-state index in [-0.39, 0.29) is 11.8 Å². The number of carbonyl (C=O) groups is 1. The molecule has 2 unspecified atom stereocenters. The van der Waals surface area contributed by atoms with Crippen molar-refractivity contribution in [2.24, 2.45) is 11.1 Å². The molecule has 0 aromatic carbocycles. The van der Waals surface area contributed by atoms with Crippen LogP contribution in [0.3, 0.4) is 0 Å². The number of halogens is 1. The topological polar surface area (TPSA) is 46.5 Å². The van der Waals surface area contributed by atoms with E-state index in [4.69, 9.17) is 11.6 Å². The van der Waals surface area contributed by atoms with Crippen LogP contribution in [0.15, 0.2) is 17.3 Å². The number of ketones is 1. The summed E-state index contributed by atoms with van der Waals surface area (Å²) in [5.74, 6) is 1.42. The Hall–Kier alpha value is -0.700. The van der Waals surface area contributed by atoms with Gasteiger partial charge >= 0.3 is 0 Å². The summed E-state index contributed by atoms with van der Waals surface area (Å²) in [7, 11) is 0. The second-order valence-corrected chi connectivity index (χ2v) is 5.75. The SMILES string of the molecule is C=C(C)C(C)=O.CCC(C)CCCCC(CCCl)N=O. The zero-order chi connectivity index (χ0) is 16.0. The van der Waals surface area contributed by atoms with Crippen LogP contribution in [-0.2, 0) is 4.79 Å². The molecule has 0 aliphatic rings. The van der Waals surface area contributed by atoms with E-state index in [1.165, 1.54) is 26.2 Å². The fourth-order valence-electron chi connectivity index (χ4n) is 1.45. The molecule has 0 aromatic heterocycles. The minimum atomic E-state index is -0.0515. The quantitative estimate of drug-likeness (QED) is 0.231. The summed E-state index contributed by atoms with van der Waals surface area (Å²) in [6, 6.07) is -0.0515. The fraction of sp³-hybridized carbons (Fsp3) is 0.812. The number of rotatable bonds is 10. The fourth-order valence-corrected chi connectivity index (χ4v) is 1.70. The highest BCUT2D eigenvalue weighted by Gasteiger charge is 2.07. The number of unbranched alkanes of at least 4 members (excludes halogenated alkanes) is 1. The van der Waals surface area contributed by atoms with Gasteiger partial charge < -0.3 is 0 Å². The molecule has 20 heavy (non-hydrogen) atoms. The highest BCUT2D eigenvalue weighted by Crippen LogP contribution is 2.15. The average molecular weight is 304 g/mol. The zero-order valence-corrected chi connectivity index (χ0v) is 14.2.